The van der Waals surface area contributed by atoms with E-state index in [0.717, 1.165) is 30.6 Å². The van der Waals surface area contributed by atoms with Crippen molar-refractivity contribution in [2.75, 3.05) is 18.0 Å². The van der Waals surface area contributed by atoms with Gasteiger partial charge in [0.2, 0.25) is 5.91 Å². The molecule has 3 fully saturated rings. The number of aromatic carboxylic acids is 1. The number of nitrogens with one attached hydrogen (secondary N) is 3. The van der Waals surface area contributed by atoms with Gasteiger partial charge in [0.1, 0.15) is 10.6 Å². The number of amides is 2. The van der Waals surface area contributed by atoms with E-state index >= 15 is 0 Å². The molecule has 13 heteroatoms. The Labute approximate surface area is 222 Å². The molecule has 0 spiro atoms. The molecule has 0 radical (unpaired) electrons. The van der Waals surface area contributed by atoms with E-state index in [2.05, 4.69) is 20.6 Å². The van der Waals surface area contributed by atoms with Crippen LogP contribution in [0.15, 0.2) is 0 Å². The fraction of sp³-hybridized carbons (Fsp3) is 0.524. The quantitative estimate of drug-likeness (QED) is 0.415. The number of hydrogen-bond donors (Lipinski definition) is 4. The Bertz CT molecular complexity index is 1140. The molecule has 3 atom stereocenters. The number of piperidine rings is 1. The molecule has 1 saturated heterocycles. The van der Waals surface area contributed by atoms with E-state index in [9.17, 15) is 19.5 Å². The molecule has 1 aliphatic heterocycles. The molecule has 0 aromatic carbocycles. The maximum atomic E-state index is 12.6. The van der Waals surface area contributed by atoms with Crippen LogP contribution in [0.1, 0.15) is 50.8 Å². The van der Waals surface area contributed by atoms with Gasteiger partial charge in [0, 0.05) is 42.7 Å². The molecular weight excluding hydrogens is 496 g/mol. The number of anilines is 1. The molecule has 3 heterocycles. The number of aromatic nitrogens is 2. The van der Waals surface area contributed by atoms with E-state index in [4.69, 9.17) is 23.2 Å². The molecule has 178 valence electrons. The van der Waals surface area contributed by atoms with Crippen LogP contribution >= 0.6 is 34.5 Å². The molecular formula is C21H24Cl2LiN5O4S. The number of carboxylic acids is 1. The molecule has 2 aromatic heterocycles. The monoisotopic (exact) mass is 519 g/mol. The van der Waals surface area contributed by atoms with Crippen LogP contribution in [0.5, 0.6) is 0 Å². The van der Waals surface area contributed by atoms with Crippen molar-refractivity contribution in [3.8, 4) is 0 Å². The first-order valence-electron chi connectivity index (χ1n) is 10.8. The van der Waals surface area contributed by atoms with Gasteiger partial charge < -0.3 is 25.6 Å². The van der Waals surface area contributed by atoms with E-state index in [-0.39, 0.29) is 76.6 Å². The predicted octanol–water partition coefficient (Wildman–Crippen LogP) is 2.21. The van der Waals surface area contributed by atoms with Crippen molar-refractivity contribution >= 4 is 76.3 Å². The fourth-order valence-corrected chi connectivity index (χ4v) is 5.95. The van der Waals surface area contributed by atoms with Gasteiger partial charge in [0.15, 0.2) is 5.13 Å². The van der Waals surface area contributed by atoms with Crippen LogP contribution in [-0.2, 0) is 11.2 Å². The van der Waals surface area contributed by atoms with Crippen molar-refractivity contribution in [2.45, 2.75) is 44.7 Å². The number of halogens is 2. The molecule has 9 nitrogen and oxygen atoms in total. The van der Waals surface area contributed by atoms with Crippen LogP contribution in [0.25, 0.3) is 0 Å². The van der Waals surface area contributed by atoms with E-state index in [1.807, 2.05) is 4.90 Å². The number of carbonyl (C=O) groups is 3. The fourth-order valence-electron chi connectivity index (χ4n) is 4.59. The summed E-state index contributed by atoms with van der Waals surface area (Å²) in [6, 6.07) is 0.223. The zero-order valence-electron chi connectivity index (χ0n) is 17.8. The van der Waals surface area contributed by atoms with Gasteiger partial charge in [-0.25, -0.2) is 9.78 Å². The van der Waals surface area contributed by atoms with E-state index in [0.29, 0.717) is 34.6 Å². The van der Waals surface area contributed by atoms with Gasteiger partial charge in [-0.05, 0) is 26.2 Å². The van der Waals surface area contributed by atoms with Crippen molar-refractivity contribution < 1.29 is 19.5 Å². The van der Waals surface area contributed by atoms with Crippen molar-refractivity contribution in [3.05, 3.63) is 32.0 Å². The van der Waals surface area contributed by atoms with Crippen molar-refractivity contribution in [2.24, 2.45) is 11.8 Å². The first-order valence-corrected chi connectivity index (χ1v) is 12.4. The van der Waals surface area contributed by atoms with Crippen molar-refractivity contribution in [1.29, 1.82) is 0 Å². The van der Waals surface area contributed by atoms with E-state index in [1.54, 1.807) is 6.92 Å². The number of carboxylic acid groups (broad SMARTS) is 1. The Morgan fingerprint density at radius 3 is 2.38 bits per heavy atom. The number of rotatable bonds is 7. The van der Waals surface area contributed by atoms with Gasteiger partial charge in [-0.1, -0.05) is 34.5 Å². The van der Waals surface area contributed by atoms with Crippen LogP contribution in [0.2, 0.25) is 10.0 Å². The minimum absolute atomic E-state index is 0. The summed E-state index contributed by atoms with van der Waals surface area (Å²) in [6.45, 7) is 3.07. The SMILES string of the molecule is Cc1[nH]c(C(=O)NC2[C@H]3CN(c4nc(CC(=O)NC5CCC5)c(C(=O)O)s4)C[C@@H]23)c(Cl)c1Cl.[LiH]. The predicted molar refractivity (Wildman–Crippen MR) is 132 cm³/mol. The Balaban J connectivity index is 0.00000274. The molecule has 2 saturated carbocycles. The Hall–Kier alpha value is -1.70. The number of thiazole rings is 1. The van der Waals surface area contributed by atoms with Crippen LogP contribution in [-0.4, -0.2) is 76.9 Å². The molecule has 34 heavy (non-hydrogen) atoms. The summed E-state index contributed by atoms with van der Waals surface area (Å²) in [4.78, 5) is 46.1. The number of H-pyrrole nitrogens is 1. The average Bonchev–Trinajstić information content (AvgIpc) is 3.11. The van der Waals surface area contributed by atoms with Gasteiger partial charge >= 0.3 is 24.8 Å². The summed E-state index contributed by atoms with van der Waals surface area (Å²) in [6.07, 6.45) is 3.01. The molecule has 4 N–H and O–H groups in total. The summed E-state index contributed by atoms with van der Waals surface area (Å²) in [7, 11) is 0. The zero-order valence-corrected chi connectivity index (χ0v) is 20.1. The van der Waals surface area contributed by atoms with E-state index in [1.165, 1.54) is 0 Å². The van der Waals surface area contributed by atoms with Crippen molar-refractivity contribution in [1.82, 2.24) is 20.6 Å². The normalized spacial score (nSPS) is 23.0. The number of fused-ring (bicyclic) bond motifs is 1. The molecule has 3 aliphatic rings. The van der Waals surface area contributed by atoms with Gasteiger partial charge in [-0.15, -0.1) is 0 Å². The second-order valence-corrected chi connectivity index (χ2v) is 10.7. The molecule has 2 aliphatic carbocycles. The molecule has 5 rings (SSSR count). The third kappa shape index (κ3) is 4.71. The number of nitrogens with zero attached hydrogens (tertiary/aromatic N) is 2. The number of aryl methyl sites for hydroxylation is 1. The van der Waals surface area contributed by atoms with Crippen LogP contribution in [0.4, 0.5) is 5.13 Å². The summed E-state index contributed by atoms with van der Waals surface area (Å²) >= 11 is 13.3. The summed E-state index contributed by atoms with van der Waals surface area (Å²) in [5, 5.41) is 16.7. The molecule has 2 amide bonds. The third-order valence-corrected chi connectivity index (χ3v) is 8.82. The van der Waals surface area contributed by atoms with Crippen LogP contribution in [0.3, 0.4) is 0 Å². The molecule has 1 unspecified atom stereocenters. The van der Waals surface area contributed by atoms with Gasteiger partial charge in [0.25, 0.3) is 5.91 Å². The third-order valence-electron chi connectivity index (χ3n) is 6.72. The molecule has 2 aromatic rings. The minimum atomic E-state index is -1.07. The second-order valence-electron chi connectivity index (χ2n) is 8.93. The summed E-state index contributed by atoms with van der Waals surface area (Å²) < 4.78 is 0. The van der Waals surface area contributed by atoms with Crippen molar-refractivity contribution in [3.63, 3.8) is 0 Å². The van der Waals surface area contributed by atoms with Gasteiger partial charge in [-0.3, -0.25) is 9.59 Å². The zero-order chi connectivity index (χ0) is 23.4. The van der Waals surface area contributed by atoms with Gasteiger partial charge in [0.05, 0.1) is 22.2 Å². The summed E-state index contributed by atoms with van der Waals surface area (Å²) in [5.74, 6) is -1.05. The molecule has 0 bridgehead atoms. The first kappa shape index (κ1) is 25.4. The standard InChI is InChI=1S/C21H23Cl2N5O4S.Li.H/c1-8-14(22)15(23)17(24-8)19(30)27-16-10-6-28(7-11(10)16)21-26-12(18(33-21)20(31)32)5-13(29)25-9-3-2-4-9;;/h9-11,16,24H,2-7H2,1H3,(H,25,29)(H,27,30)(H,31,32);;/t10-,11+,16?;;. The average molecular weight is 520 g/mol. The Morgan fingerprint density at radius 2 is 1.85 bits per heavy atom. The van der Waals surface area contributed by atoms with Crippen LogP contribution < -0.4 is 15.5 Å². The Morgan fingerprint density at radius 1 is 1.18 bits per heavy atom. The maximum absolute atomic E-state index is 12.6. The Kier molecular flexibility index (Phi) is 7.28. The van der Waals surface area contributed by atoms with Crippen LogP contribution in [0, 0.1) is 18.8 Å². The van der Waals surface area contributed by atoms with E-state index < -0.39 is 5.97 Å². The number of aromatic amines is 1. The van der Waals surface area contributed by atoms with Gasteiger partial charge in [-0.2, -0.15) is 0 Å². The summed E-state index contributed by atoms with van der Waals surface area (Å²) in [5.41, 5.74) is 1.21. The first-order chi connectivity index (χ1) is 15.7. The number of hydrogen-bond acceptors (Lipinski definition) is 6. The number of carbonyl (C=O) groups excluding carboxylic acids is 2. The second kappa shape index (κ2) is 9.74. The topological polar surface area (TPSA) is 127 Å².